The molecule has 0 aromatic heterocycles. The van der Waals surface area contributed by atoms with Crippen LogP contribution in [0.2, 0.25) is 0 Å². The van der Waals surface area contributed by atoms with Gasteiger partial charge in [-0.25, -0.2) is 0 Å². The van der Waals surface area contributed by atoms with Crippen molar-refractivity contribution in [1.82, 2.24) is 0 Å². The summed E-state index contributed by atoms with van der Waals surface area (Å²) >= 11 is -2.42. The molecule has 0 amide bonds. The van der Waals surface area contributed by atoms with Crippen molar-refractivity contribution in [3.05, 3.63) is 12.1 Å². The molecule has 84 valence electrons. The Hall–Kier alpha value is -1.47. The second-order valence-electron chi connectivity index (χ2n) is 2.63. The molecule has 0 radical (unpaired) electrons. The summed E-state index contributed by atoms with van der Waals surface area (Å²) in [5, 5.41) is 0. The SMILES string of the molecule is COc1cc(NS(=O)[O-])c(OC)cc1N. The number of nitrogens with two attached hydrogens (primary N) is 1. The molecular weight excluding hydrogens is 220 g/mol. The molecular formula is C8H11N2O4S-. The maximum absolute atomic E-state index is 10.5. The minimum absolute atomic E-state index is 0.275. The Balaban J connectivity index is 3.16. The molecule has 0 heterocycles. The van der Waals surface area contributed by atoms with Crippen LogP contribution in [-0.4, -0.2) is 23.0 Å². The predicted molar refractivity (Wildman–Crippen MR) is 56.5 cm³/mol. The van der Waals surface area contributed by atoms with E-state index in [1.165, 1.54) is 26.4 Å². The fraction of sp³-hybridized carbons (Fsp3) is 0.250. The van der Waals surface area contributed by atoms with Crippen LogP contribution < -0.4 is 19.9 Å². The van der Waals surface area contributed by atoms with Gasteiger partial charge in [-0.2, -0.15) is 0 Å². The lowest BCUT2D eigenvalue weighted by atomic mass is 10.2. The maximum atomic E-state index is 10.5. The van der Waals surface area contributed by atoms with Gasteiger partial charge in [0, 0.05) is 23.4 Å². The van der Waals surface area contributed by atoms with Crippen molar-refractivity contribution >= 4 is 22.6 Å². The van der Waals surface area contributed by atoms with E-state index in [-0.39, 0.29) is 5.69 Å². The predicted octanol–water partition coefficient (Wildman–Crippen LogP) is 0.492. The summed E-state index contributed by atoms with van der Waals surface area (Å²) in [6, 6.07) is 2.93. The summed E-state index contributed by atoms with van der Waals surface area (Å²) in [5.74, 6) is 0.709. The van der Waals surface area contributed by atoms with E-state index in [1.807, 2.05) is 0 Å². The summed E-state index contributed by atoms with van der Waals surface area (Å²) in [5.41, 5.74) is 6.27. The molecule has 1 aromatic rings. The van der Waals surface area contributed by atoms with E-state index >= 15 is 0 Å². The van der Waals surface area contributed by atoms with Crippen LogP contribution in [-0.2, 0) is 11.3 Å². The van der Waals surface area contributed by atoms with E-state index < -0.39 is 11.3 Å². The fourth-order valence-electron chi connectivity index (χ4n) is 1.09. The Morgan fingerprint density at radius 2 is 1.93 bits per heavy atom. The van der Waals surface area contributed by atoms with Gasteiger partial charge in [-0.1, -0.05) is 0 Å². The molecule has 0 aliphatic heterocycles. The summed E-state index contributed by atoms with van der Waals surface area (Å²) in [7, 11) is 2.86. The van der Waals surface area contributed by atoms with Crippen LogP contribution in [0.15, 0.2) is 12.1 Å². The van der Waals surface area contributed by atoms with E-state index in [4.69, 9.17) is 15.2 Å². The second-order valence-corrected chi connectivity index (χ2v) is 3.30. The molecule has 0 bridgehead atoms. The van der Waals surface area contributed by atoms with Crippen molar-refractivity contribution in [3.8, 4) is 11.5 Å². The molecule has 3 N–H and O–H groups in total. The summed E-state index contributed by atoms with van der Waals surface area (Å²) in [4.78, 5) is 0. The van der Waals surface area contributed by atoms with Crippen molar-refractivity contribution in [2.24, 2.45) is 0 Å². The fourth-order valence-corrected chi connectivity index (χ4v) is 1.43. The number of methoxy groups -OCH3 is 2. The highest BCUT2D eigenvalue weighted by Gasteiger charge is 2.08. The first-order valence-corrected chi connectivity index (χ1v) is 5.03. The minimum atomic E-state index is -2.42. The Labute approximate surface area is 89.8 Å². The van der Waals surface area contributed by atoms with Gasteiger partial charge in [0.1, 0.15) is 11.5 Å². The molecule has 1 aromatic carbocycles. The molecule has 0 aliphatic rings. The van der Waals surface area contributed by atoms with Crippen LogP contribution in [0.25, 0.3) is 0 Å². The standard InChI is InChI=1S/C8H12N2O4S/c1-13-7-4-6(10-15(11)12)8(14-2)3-5(7)9/h3-4,10H,9H2,1-2H3,(H,11,12)/p-1. The van der Waals surface area contributed by atoms with Gasteiger partial charge in [0.05, 0.1) is 25.6 Å². The summed E-state index contributed by atoms with van der Waals surface area (Å²) in [6.07, 6.45) is 0. The Morgan fingerprint density at radius 3 is 2.40 bits per heavy atom. The second kappa shape index (κ2) is 4.85. The number of benzene rings is 1. The van der Waals surface area contributed by atoms with E-state index in [2.05, 4.69) is 4.72 Å². The van der Waals surface area contributed by atoms with Crippen molar-refractivity contribution in [3.63, 3.8) is 0 Å². The van der Waals surface area contributed by atoms with Crippen LogP contribution in [0, 0.1) is 0 Å². The monoisotopic (exact) mass is 231 g/mol. The first kappa shape index (κ1) is 11.6. The third kappa shape index (κ3) is 2.74. The lowest BCUT2D eigenvalue weighted by Gasteiger charge is -2.15. The third-order valence-corrected chi connectivity index (χ3v) is 2.13. The smallest absolute Gasteiger partial charge is 0.145 e. The average molecular weight is 231 g/mol. The lowest BCUT2D eigenvalue weighted by molar-refractivity contribution is 0.406. The van der Waals surface area contributed by atoms with Crippen LogP contribution in [0.5, 0.6) is 11.5 Å². The Morgan fingerprint density at radius 1 is 1.33 bits per heavy atom. The molecule has 6 nitrogen and oxygen atoms in total. The molecule has 0 fully saturated rings. The molecule has 0 saturated heterocycles. The molecule has 15 heavy (non-hydrogen) atoms. The van der Waals surface area contributed by atoms with Crippen molar-refractivity contribution in [2.45, 2.75) is 0 Å². The number of nitrogen functional groups attached to an aromatic ring is 1. The zero-order valence-electron chi connectivity index (χ0n) is 8.27. The lowest BCUT2D eigenvalue weighted by Crippen LogP contribution is -2.05. The van der Waals surface area contributed by atoms with Gasteiger partial charge in [-0.3, -0.25) is 4.21 Å². The van der Waals surface area contributed by atoms with Crippen LogP contribution in [0.4, 0.5) is 11.4 Å². The zero-order valence-corrected chi connectivity index (χ0v) is 9.09. The largest absolute Gasteiger partial charge is 0.755 e. The molecule has 0 saturated carbocycles. The van der Waals surface area contributed by atoms with E-state index in [0.717, 1.165) is 0 Å². The zero-order chi connectivity index (χ0) is 11.4. The third-order valence-electron chi connectivity index (χ3n) is 1.75. The van der Waals surface area contributed by atoms with E-state index in [0.29, 0.717) is 17.2 Å². The first-order chi connectivity index (χ1) is 7.08. The van der Waals surface area contributed by atoms with E-state index in [1.54, 1.807) is 0 Å². The van der Waals surface area contributed by atoms with Gasteiger partial charge in [0.25, 0.3) is 0 Å². The van der Waals surface area contributed by atoms with Gasteiger partial charge < -0.3 is 24.5 Å². The topological polar surface area (TPSA) is 96.6 Å². The molecule has 1 atom stereocenters. The Bertz CT molecular complexity index is 383. The quantitative estimate of drug-likeness (QED) is 0.580. The van der Waals surface area contributed by atoms with Crippen LogP contribution in [0.3, 0.4) is 0 Å². The van der Waals surface area contributed by atoms with Gasteiger partial charge in [0.15, 0.2) is 0 Å². The van der Waals surface area contributed by atoms with Crippen LogP contribution in [0.1, 0.15) is 0 Å². The summed E-state index contributed by atoms with van der Waals surface area (Å²) in [6.45, 7) is 0. The molecule has 0 aliphatic carbocycles. The van der Waals surface area contributed by atoms with Crippen molar-refractivity contribution in [2.75, 3.05) is 24.7 Å². The van der Waals surface area contributed by atoms with Crippen molar-refractivity contribution < 1.29 is 18.2 Å². The number of nitrogens with one attached hydrogen (secondary N) is 1. The van der Waals surface area contributed by atoms with Gasteiger partial charge in [0.2, 0.25) is 0 Å². The van der Waals surface area contributed by atoms with Gasteiger partial charge >= 0.3 is 0 Å². The number of hydrogen-bond acceptors (Lipinski definition) is 5. The van der Waals surface area contributed by atoms with Gasteiger partial charge in [-0.05, 0) is 0 Å². The number of hydrogen-bond donors (Lipinski definition) is 2. The number of anilines is 2. The summed E-state index contributed by atoms with van der Waals surface area (Å²) < 4.78 is 33.0. The average Bonchev–Trinajstić information content (AvgIpc) is 2.19. The highest BCUT2D eigenvalue weighted by atomic mass is 32.2. The van der Waals surface area contributed by atoms with Crippen LogP contribution >= 0.6 is 0 Å². The van der Waals surface area contributed by atoms with Crippen molar-refractivity contribution in [1.29, 1.82) is 0 Å². The highest BCUT2D eigenvalue weighted by molar-refractivity contribution is 7.80. The first-order valence-electron chi connectivity index (χ1n) is 3.96. The molecule has 1 unspecified atom stereocenters. The molecule has 1 rings (SSSR count). The Kier molecular flexibility index (Phi) is 3.75. The highest BCUT2D eigenvalue weighted by Crippen LogP contribution is 2.34. The maximum Gasteiger partial charge on any atom is 0.145 e. The minimum Gasteiger partial charge on any atom is -0.755 e. The molecule has 7 heteroatoms. The number of ether oxygens (including phenoxy) is 2. The normalized spacial score (nSPS) is 11.9. The van der Waals surface area contributed by atoms with Gasteiger partial charge in [-0.15, -0.1) is 0 Å². The number of rotatable bonds is 4. The molecule has 0 spiro atoms. The van der Waals surface area contributed by atoms with E-state index in [9.17, 15) is 8.76 Å².